The molecule has 2 aliphatic rings. The van der Waals surface area contributed by atoms with E-state index in [9.17, 15) is 14.4 Å². The van der Waals surface area contributed by atoms with Crippen molar-refractivity contribution in [2.75, 3.05) is 25.0 Å². The molecule has 0 aliphatic carbocycles. The third-order valence-corrected chi connectivity index (χ3v) is 5.49. The number of amides is 3. The highest BCUT2D eigenvalue weighted by Gasteiger charge is 2.25. The van der Waals surface area contributed by atoms with Gasteiger partial charge in [-0.2, -0.15) is 0 Å². The van der Waals surface area contributed by atoms with Crippen molar-refractivity contribution in [2.24, 2.45) is 5.92 Å². The fourth-order valence-corrected chi connectivity index (χ4v) is 3.81. The highest BCUT2D eigenvalue weighted by atomic mass is 16.5. The molecule has 162 valence electrons. The molecule has 2 heterocycles. The second-order valence-electron chi connectivity index (χ2n) is 7.78. The van der Waals surface area contributed by atoms with Crippen LogP contribution in [0.1, 0.15) is 34.3 Å². The summed E-state index contributed by atoms with van der Waals surface area (Å²) in [6.07, 6.45) is 1.32. The minimum absolute atomic E-state index is 0.152. The van der Waals surface area contributed by atoms with Gasteiger partial charge in [-0.15, -0.1) is 0 Å². The van der Waals surface area contributed by atoms with E-state index in [0.717, 1.165) is 24.0 Å². The van der Waals surface area contributed by atoms with Crippen molar-refractivity contribution in [1.29, 1.82) is 0 Å². The lowest BCUT2D eigenvalue weighted by Crippen LogP contribution is -2.45. The van der Waals surface area contributed by atoms with Crippen molar-refractivity contribution in [2.45, 2.75) is 26.1 Å². The van der Waals surface area contributed by atoms with Crippen molar-refractivity contribution in [1.82, 2.24) is 10.2 Å². The van der Waals surface area contributed by atoms with Gasteiger partial charge in [0.15, 0.2) is 0 Å². The van der Waals surface area contributed by atoms with Gasteiger partial charge in [0.2, 0.25) is 0 Å². The van der Waals surface area contributed by atoms with Crippen molar-refractivity contribution >= 4 is 23.8 Å². The van der Waals surface area contributed by atoms with Gasteiger partial charge in [-0.3, -0.25) is 0 Å². The molecular weight excluding hydrogens is 398 g/mol. The number of esters is 1. The molecule has 1 atom stereocenters. The normalized spacial score (nSPS) is 17.5. The summed E-state index contributed by atoms with van der Waals surface area (Å²) >= 11 is 0. The fourth-order valence-electron chi connectivity index (χ4n) is 3.81. The SMILES string of the molecule is O=C(NCC1CCCN(C(=O)Nc2ccc3c(c2)C(=O)OC3)C1)OCc1ccccc1. The summed E-state index contributed by atoms with van der Waals surface area (Å²) < 4.78 is 10.2. The molecule has 0 bridgehead atoms. The summed E-state index contributed by atoms with van der Waals surface area (Å²) in [6.45, 7) is 2.13. The van der Waals surface area contributed by atoms with E-state index < -0.39 is 6.09 Å². The molecule has 4 rings (SSSR count). The quantitative estimate of drug-likeness (QED) is 0.717. The maximum atomic E-state index is 12.7. The number of carbonyl (C=O) groups excluding carboxylic acids is 3. The molecule has 8 nitrogen and oxygen atoms in total. The van der Waals surface area contributed by atoms with E-state index in [4.69, 9.17) is 9.47 Å². The first-order chi connectivity index (χ1) is 15.1. The number of alkyl carbamates (subject to hydrolysis) is 1. The van der Waals surface area contributed by atoms with E-state index in [1.807, 2.05) is 30.3 Å². The Hall–Kier alpha value is -3.55. The first-order valence-corrected chi connectivity index (χ1v) is 10.4. The van der Waals surface area contributed by atoms with Crippen LogP contribution in [0.25, 0.3) is 0 Å². The molecule has 1 saturated heterocycles. The molecule has 1 fully saturated rings. The summed E-state index contributed by atoms with van der Waals surface area (Å²) in [5, 5.41) is 5.65. The molecule has 2 N–H and O–H groups in total. The highest BCUT2D eigenvalue weighted by Crippen LogP contribution is 2.24. The number of hydrogen-bond acceptors (Lipinski definition) is 5. The molecule has 2 aromatic rings. The van der Waals surface area contributed by atoms with Crippen molar-refractivity contribution in [3.63, 3.8) is 0 Å². The van der Waals surface area contributed by atoms with Crippen LogP contribution in [0.4, 0.5) is 15.3 Å². The van der Waals surface area contributed by atoms with Crippen molar-refractivity contribution < 1.29 is 23.9 Å². The Balaban J connectivity index is 1.23. The largest absolute Gasteiger partial charge is 0.457 e. The van der Waals surface area contributed by atoms with Crippen LogP contribution in [0, 0.1) is 5.92 Å². The van der Waals surface area contributed by atoms with Crippen LogP contribution in [0.15, 0.2) is 48.5 Å². The number of cyclic esters (lactones) is 1. The second-order valence-corrected chi connectivity index (χ2v) is 7.78. The van der Waals surface area contributed by atoms with Crippen LogP contribution >= 0.6 is 0 Å². The lowest BCUT2D eigenvalue weighted by Gasteiger charge is -2.32. The third kappa shape index (κ3) is 5.33. The molecule has 0 saturated carbocycles. The Morgan fingerprint density at radius 2 is 2.00 bits per heavy atom. The van der Waals surface area contributed by atoms with E-state index in [1.165, 1.54) is 0 Å². The molecule has 2 aliphatic heterocycles. The molecule has 0 spiro atoms. The van der Waals surface area contributed by atoms with Crippen LogP contribution in [0.5, 0.6) is 0 Å². The van der Waals surface area contributed by atoms with E-state index in [-0.39, 0.29) is 31.1 Å². The predicted molar refractivity (Wildman–Crippen MR) is 114 cm³/mol. The van der Waals surface area contributed by atoms with Gasteiger partial charge in [-0.05, 0) is 36.5 Å². The number of fused-ring (bicyclic) bond motifs is 1. The third-order valence-electron chi connectivity index (χ3n) is 5.49. The number of benzene rings is 2. The second kappa shape index (κ2) is 9.51. The smallest absolute Gasteiger partial charge is 0.407 e. The van der Waals surface area contributed by atoms with Crippen LogP contribution in [0.2, 0.25) is 0 Å². The number of rotatable bonds is 5. The fraction of sp³-hybridized carbons (Fsp3) is 0.348. The van der Waals surface area contributed by atoms with E-state index in [1.54, 1.807) is 23.1 Å². The summed E-state index contributed by atoms with van der Waals surface area (Å²) in [6, 6.07) is 14.5. The minimum atomic E-state index is -0.463. The minimum Gasteiger partial charge on any atom is -0.457 e. The number of piperidine rings is 1. The number of nitrogens with zero attached hydrogens (tertiary/aromatic N) is 1. The van der Waals surface area contributed by atoms with Gasteiger partial charge < -0.3 is 25.0 Å². The molecule has 8 heteroatoms. The molecule has 0 aromatic heterocycles. The molecule has 1 unspecified atom stereocenters. The number of hydrogen-bond donors (Lipinski definition) is 2. The molecule has 2 aromatic carbocycles. The Morgan fingerprint density at radius 1 is 1.16 bits per heavy atom. The average Bonchev–Trinajstić information content (AvgIpc) is 3.17. The standard InChI is InChI=1S/C23H25N3O5/c27-21-20-11-19(9-8-18(20)15-30-21)25-22(28)26-10-4-7-17(13-26)12-24-23(29)31-14-16-5-2-1-3-6-16/h1-3,5-6,8-9,11,17H,4,7,10,12-15H2,(H,24,29)(H,25,28). The zero-order valence-electron chi connectivity index (χ0n) is 17.1. The summed E-state index contributed by atoms with van der Waals surface area (Å²) in [5.41, 5.74) is 2.81. The number of urea groups is 1. The Morgan fingerprint density at radius 3 is 2.84 bits per heavy atom. The van der Waals surface area contributed by atoms with E-state index >= 15 is 0 Å². The molecule has 0 radical (unpaired) electrons. The molecule has 3 amide bonds. The zero-order valence-corrected chi connectivity index (χ0v) is 17.1. The summed E-state index contributed by atoms with van der Waals surface area (Å²) in [7, 11) is 0. The Labute approximate surface area is 180 Å². The lowest BCUT2D eigenvalue weighted by atomic mass is 9.98. The van der Waals surface area contributed by atoms with Gasteiger partial charge in [-0.1, -0.05) is 36.4 Å². The number of nitrogens with one attached hydrogen (secondary N) is 2. The Bertz CT molecular complexity index is 963. The first kappa shape index (κ1) is 20.7. The van der Waals surface area contributed by atoms with Crippen LogP contribution < -0.4 is 10.6 Å². The van der Waals surface area contributed by atoms with Crippen molar-refractivity contribution in [3.05, 3.63) is 65.2 Å². The van der Waals surface area contributed by atoms with Crippen LogP contribution in [-0.2, 0) is 22.7 Å². The first-order valence-electron chi connectivity index (χ1n) is 10.4. The summed E-state index contributed by atoms with van der Waals surface area (Å²) in [5.74, 6) is -0.215. The van der Waals surface area contributed by atoms with Gasteiger partial charge >= 0.3 is 18.1 Å². The van der Waals surface area contributed by atoms with E-state index in [2.05, 4.69) is 10.6 Å². The molecule has 31 heavy (non-hydrogen) atoms. The van der Waals surface area contributed by atoms with Crippen LogP contribution in [0.3, 0.4) is 0 Å². The lowest BCUT2D eigenvalue weighted by molar-refractivity contribution is 0.0535. The summed E-state index contributed by atoms with van der Waals surface area (Å²) in [4.78, 5) is 38.1. The van der Waals surface area contributed by atoms with Gasteiger partial charge in [-0.25, -0.2) is 14.4 Å². The Kier molecular flexibility index (Phi) is 6.35. The average molecular weight is 423 g/mol. The van der Waals surface area contributed by atoms with Gasteiger partial charge in [0.05, 0.1) is 5.56 Å². The predicted octanol–water partition coefficient (Wildman–Crippen LogP) is 3.53. The van der Waals surface area contributed by atoms with Gasteiger partial charge in [0, 0.05) is 30.9 Å². The number of carbonyl (C=O) groups is 3. The maximum Gasteiger partial charge on any atom is 0.407 e. The van der Waals surface area contributed by atoms with E-state index in [0.29, 0.717) is 30.9 Å². The van der Waals surface area contributed by atoms with Crippen molar-refractivity contribution in [3.8, 4) is 0 Å². The molecular formula is C23H25N3O5. The number of anilines is 1. The zero-order chi connectivity index (χ0) is 21.6. The van der Waals surface area contributed by atoms with Gasteiger partial charge in [0.25, 0.3) is 0 Å². The number of ether oxygens (including phenoxy) is 2. The van der Waals surface area contributed by atoms with Crippen LogP contribution in [-0.4, -0.2) is 42.6 Å². The topological polar surface area (TPSA) is 97.0 Å². The monoisotopic (exact) mass is 423 g/mol. The van der Waals surface area contributed by atoms with Gasteiger partial charge in [0.1, 0.15) is 13.2 Å². The highest BCUT2D eigenvalue weighted by molar-refractivity contribution is 5.96. The maximum absolute atomic E-state index is 12.7. The number of likely N-dealkylation sites (tertiary alicyclic amines) is 1.